The standard InChI is InChI=1S/C23H29FN4O2/c1-3-26(4-2)23(30)20-16-19(25)9-10-21(20)27-11-6-12-28(14-13-27)22(29)17-7-5-8-18(24)15-17/h5,7-10,15-16H,3-4,6,11-14,25H2,1-2H3. The number of hydrogen-bond acceptors (Lipinski definition) is 4. The highest BCUT2D eigenvalue weighted by Crippen LogP contribution is 2.26. The van der Waals surface area contributed by atoms with Crippen molar-refractivity contribution >= 4 is 23.2 Å². The molecule has 0 aliphatic carbocycles. The van der Waals surface area contributed by atoms with E-state index in [1.807, 2.05) is 19.9 Å². The Kier molecular flexibility index (Phi) is 6.92. The van der Waals surface area contributed by atoms with Gasteiger partial charge in [0.05, 0.1) is 5.56 Å². The Bertz CT molecular complexity index is 914. The molecule has 1 fully saturated rings. The van der Waals surface area contributed by atoms with E-state index >= 15 is 0 Å². The van der Waals surface area contributed by atoms with Gasteiger partial charge in [0, 0.05) is 56.2 Å². The molecule has 2 aromatic carbocycles. The van der Waals surface area contributed by atoms with Crippen LogP contribution in [-0.2, 0) is 0 Å². The average molecular weight is 413 g/mol. The number of benzene rings is 2. The van der Waals surface area contributed by atoms with E-state index < -0.39 is 5.82 Å². The maximum atomic E-state index is 13.5. The van der Waals surface area contributed by atoms with E-state index in [2.05, 4.69) is 4.90 Å². The van der Waals surface area contributed by atoms with Gasteiger partial charge in [-0.15, -0.1) is 0 Å². The van der Waals surface area contributed by atoms with Crippen molar-refractivity contribution in [2.45, 2.75) is 20.3 Å². The molecule has 2 aromatic rings. The summed E-state index contributed by atoms with van der Waals surface area (Å²) >= 11 is 0. The van der Waals surface area contributed by atoms with Gasteiger partial charge in [-0.3, -0.25) is 9.59 Å². The highest BCUT2D eigenvalue weighted by atomic mass is 19.1. The van der Waals surface area contributed by atoms with Crippen molar-refractivity contribution < 1.29 is 14.0 Å². The lowest BCUT2D eigenvalue weighted by Crippen LogP contribution is -2.36. The van der Waals surface area contributed by atoms with Crippen LogP contribution in [0.15, 0.2) is 42.5 Å². The Morgan fingerprint density at radius 3 is 2.50 bits per heavy atom. The van der Waals surface area contributed by atoms with E-state index in [-0.39, 0.29) is 11.8 Å². The fourth-order valence-corrected chi connectivity index (χ4v) is 3.85. The molecule has 2 N–H and O–H groups in total. The van der Waals surface area contributed by atoms with Crippen molar-refractivity contribution in [3.05, 3.63) is 59.4 Å². The molecule has 0 atom stereocenters. The lowest BCUT2D eigenvalue weighted by atomic mass is 10.1. The number of nitrogen functional groups attached to an aromatic ring is 1. The molecule has 160 valence electrons. The molecule has 0 unspecified atom stereocenters. The predicted octanol–water partition coefficient (Wildman–Crippen LogP) is 3.24. The van der Waals surface area contributed by atoms with Crippen LogP contribution in [0.1, 0.15) is 41.0 Å². The number of rotatable bonds is 5. The first-order valence-corrected chi connectivity index (χ1v) is 10.4. The van der Waals surface area contributed by atoms with Gasteiger partial charge >= 0.3 is 0 Å². The molecule has 0 radical (unpaired) electrons. The zero-order valence-electron chi connectivity index (χ0n) is 17.6. The minimum Gasteiger partial charge on any atom is -0.399 e. The first-order valence-electron chi connectivity index (χ1n) is 10.4. The van der Waals surface area contributed by atoms with Gasteiger partial charge in [0.15, 0.2) is 0 Å². The van der Waals surface area contributed by atoms with Gasteiger partial charge in [0.2, 0.25) is 0 Å². The second kappa shape index (κ2) is 9.61. The van der Waals surface area contributed by atoms with Crippen LogP contribution in [0.3, 0.4) is 0 Å². The van der Waals surface area contributed by atoms with Crippen LogP contribution < -0.4 is 10.6 Å². The second-order valence-electron chi connectivity index (χ2n) is 7.40. The van der Waals surface area contributed by atoms with Gasteiger partial charge in [-0.1, -0.05) is 6.07 Å². The number of hydrogen-bond donors (Lipinski definition) is 1. The van der Waals surface area contributed by atoms with Gasteiger partial charge < -0.3 is 20.4 Å². The molecule has 0 bridgehead atoms. The number of carbonyl (C=O) groups excluding carboxylic acids is 2. The molecule has 1 aliphatic rings. The van der Waals surface area contributed by atoms with E-state index in [0.717, 1.165) is 18.7 Å². The highest BCUT2D eigenvalue weighted by Gasteiger charge is 2.24. The fourth-order valence-electron chi connectivity index (χ4n) is 3.85. The van der Waals surface area contributed by atoms with Crippen LogP contribution in [0.25, 0.3) is 0 Å². The number of nitrogens with two attached hydrogens (primary N) is 1. The lowest BCUT2D eigenvalue weighted by Gasteiger charge is -2.28. The van der Waals surface area contributed by atoms with Crippen molar-refractivity contribution in [3.8, 4) is 0 Å². The monoisotopic (exact) mass is 412 g/mol. The molecule has 3 rings (SSSR count). The average Bonchev–Trinajstić information content (AvgIpc) is 3.00. The molecule has 2 amide bonds. The smallest absolute Gasteiger partial charge is 0.256 e. The molecule has 0 aromatic heterocycles. The first-order chi connectivity index (χ1) is 14.4. The Labute approximate surface area is 177 Å². The Hall–Kier alpha value is -3.09. The Morgan fingerprint density at radius 1 is 1.03 bits per heavy atom. The van der Waals surface area contributed by atoms with Crippen molar-refractivity contribution in [2.75, 3.05) is 49.9 Å². The van der Waals surface area contributed by atoms with Gasteiger partial charge in [-0.2, -0.15) is 0 Å². The Balaban J connectivity index is 1.80. The van der Waals surface area contributed by atoms with E-state index in [0.29, 0.717) is 49.5 Å². The number of halogens is 1. The number of nitrogens with zero attached hydrogens (tertiary/aromatic N) is 3. The van der Waals surface area contributed by atoms with E-state index in [1.165, 1.54) is 12.1 Å². The van der Waals surface area contributed by atoms with Gasteiger partial charge in [-0.05, 0) is 56.7 Å². The second-order valence-corrected chi connectivity index (χ2v) is 7.40. The SMILES string of the molecule is CCN(CC)C(=O)c1cc(N)ccc1N1CCCN(C(=O)c2cccc(F)c2)CC1. The van der Waals surface area contributed by atoms with Crippen molar-refractivity contribution in [1.29, 1.82) is 0 Å². The van der Waals surface area contributed by atoms with E-state index in [4.69, 9.17) is 5.73 Å². The first kappa shape index (κ1) is 21.6. The molecule has 7 heteroatoms. The van der Waals surface area contributed by atoms with Crippen LogP contribution in [0, 0.1) is 5.82 Å². The van der Waals surface area contributed by atoms with Gasteiger partial charge in [-0.25, -0.2) is 4.39 Å². The fraction of sp³-hybridized carbons (Fsp3) is 0.391. The summed E-state index contributed by atoms with van der Waals surface area (Å²) in [7, 11) is 0. The van der Waals surface area contributed by atoms with Crippen LogP contribution >= 0.6 is 0 Å². The van der Waals surface area contributed by atoms with Crippen LogP contribution in [-0.4, -0.2) is 60.9 Å². The van der Waals surface area contributed by atoms with Gasteiger partial charge in [0.1, 0.15) is 5.82 Å². The maximum Gasteiger partial charge on any atom is 0.256 e. The van der Waals surface area contributed by atoms with E-state index in [9.17, 15) is 14.0 Å². The normalized spacial score (nSPS) is 14.4. The van der Waals surface area contributed by atoms with Crippen molar-refractivity contribution in [3.63, 3.8) is 0 Å². The molecule has 1 saturated heterocycles. The summed E-state index contributed by atoms with van der Waals surface area (Å²) in [5, 5.41) is 0. The summed E-state index contributed by atoms with van der Waals surface area (Å²) in [4.78, 5) is 31.5. The highest BCUT2D eigenvalue weighted by molar-refractivity contribution is 6.01. The summed E-state index contributed by atoms with van der Waals surface area (Å²) in [5.41, 5.74) is 8.30. The third kappa shape index (κ3) is 4.72. The summed E-state index contributed by atoms with van der Waals surface area (Å²) in [6.07, 6.45) is 0.754. The van der Waals surface area contributed by atoms with Crippen molar-refractivity contribution in [2.24, 2.45) is 0 Å². The van der Waals surface area contributed by atoms with Gasteiger partial charge in [0.25, 0.3) is 11.8 Å². The minimum absolute atomic E-state index is 0.0424. The predicted molar refractivity (Wildman–Crippen MR) is 117 cm³/mol. The summed E-state index contributed by atoms with van der Waals surface area (Å²) in [5.74, 6) is -0.633. The van der Waals surface area contributed by atoms with E-state index in [1.54, 1.807) is 34.1 Å². The lowest BCUT2D eigenvalue weighted by molar-refractivity contribution is 0.0760. The molecule has 1 aliphatic heterocycles. The Morgan fingerprint density at radius 2 is 1.80 bits per heavy atom. The van der Waals surface area contributed by atoms with Crippen LogP contribution in [0.5, 0.6) is 0 Å². The molecule has 0 saturated carbocycles. The molecule has 0 spiro atoms. The van der Waals surface area contributed by atoms with Crippen molar-refractivity contribution in [1.82, 2.24) is 9.80 Å². The largest absolute Gasteiger partial charge is 0.399 e. The quantitative estimate of drug-likeness (QED) is 0.766. The number of anilines is 2. The third-order valence-electron chi connectivity index (χ3n) is 5.50. The zero-order valence-corrected chi connectivity index (χ0v) is 17.6. The molecular formula is C23H29FN4O2. The van der Waals surface area contributed by atoms with Crippen LogP contribution in [0.2, 0.25) is 0 Å². The summed E-state index contributed by atoms with van der Waals surface area (Å²) in [6, 6.07) is 11.2. The van der Waals surface area contributed by atoms with Crippen LogP contribution in [0.4, 0.5) is 15.8 Å². The summed E-state index contributed by atoms with van der Waals surface area (Å²) in [6.45, 7) is 7.54. The summed E-state index contributed by atoms with van der Waals surface area (Å²) < 4.78 is 13.5. The minimum atomic E-state index is -0.418. The molecule has 30 heavy (non-hydrogen) atoms. The molecule has 1 heterocycles. The zero-order chi connectivity index (χ0) is 21.7. The topological polar surface area (TPSA) is 69.9 Å². The number of carbonyl (C=O) groups is 2. The maximum absolute atomic E-state index is 13.5. The molecule has 6 nitrogen and oxygen atoms in total. The third-order valence-corrected chi connectivity index (χ3v) is 5.50. The number of amides is 2. The molecular weight excluding hydrogens is 383 g/mol.